The lowest BCUT2D eigenvalue weighted by Crippen LogP contribution is -2.33. The summed E-state index contributed by atoms with van der Waals surface area (Å²) in [5.41, 5.74) is 5.50. The third kappa shape index (κ3) is 2.39. The zero-order valence-electron chi connectivity index (χ0n) is 13.4. The Labute approximate surface area is 132 Å². The molecule has 0 unspecified atom stereocenters. The molecule has 0 spiro atoms. The van der Waals surface area contributed by atoms with E-state index >= 15 is 0 Å². The minimum absolute atomic E-state index is 0.0729. The fourth-order valence-corrected chi connectivity index (χ4v) is 3.86. The maximum absolute atomic E-state index is 12.0. The van der Waals surface area contributed by atoms with Crippen LogP contribution in [0.4, 0.5) is 0 Å². The number of carbonyl (C=O) groups excluding carboxylic acids is 2. The van der Waals surface area contributed by atoms with Crippen molar-refractivity contribution >= 4 is 11.8 Å². The summed E-state index contributed by atoms with van der Waals surface area (Å²) in [6.45, 7) is 4.41. The highest BCUT2D eigenvalue weighted by Crippen LogP contribution is 2.40. The van der Waals surface area contributed by atoms with Crippen molar-refractivity contribution in [2.45, 2.75) is 58.4 Å². The van der Waals surface area contributed by atoms with Crippen LogP contribution in [0.25, 0.3) is 0 Å². The van der Waals surface area contributed by atoms with E-state index in [1.54, 1.807) is 0 Å². The molecule has 1 aliphatic heterocycles. The third-order valence-electron chi connectivity index (χ3n) is 4.77. The summed E-state index contributed by atoms with van der Waals surface area (Å²) in [4.78, 5) is 25.4. The normalized spacial score (nSPS) is 20.1. The molecule has 0 bridgehead atoms. The zero-order valence-corrected chi connectivity index (χ0v) is 13.4. The van der Waals surface area contributed by atoms with Gasteiger partial charge < -0.3 is 0 Å². The van der Waals surface area contributed by atoms with E-state index in [4.69, 9.17) is 0 Å². The van der Waals surface area contributed by atoms with Gasteiger partial charge in [-0.2, -0.15) is 0 Å². The Bertz CT molecular complexity index is 627. The molecule has 0 saturated heterocycles. The number of hydrogen-bond acceptors (Lipinski definition) is 2. The van der Waals surface area contributed by atoms with Crippen LogP contribution < -0.4 is 0 Å². The van der Waals surface area contributed by atoms with Gasteiger partial charge in [0, 0.05) is 12.2 Å². The fourth-order valence-electron chi connectivity index (χ4n) is 3.86. The Balaban J connectivity index is 1.99. The molecule has 0 saturated carbocycles. The highest BCUT2D eigenvalue weighted by molar-refractivity contribution is 6.13. The summed E-state index contributed by atoms with van der Waals surface area (Å²) in [5.74, 6) is -0.338. The quantitative estimate of drug-likeness (QED) is 0.780. The van der Waals surface area contributed by atoms with E-state index in [0.717, 1.165) is 38.5 Å². The van der Waals surface area contributed by atoms with Gasteiger partial charge in [0.25, 0.3) is 11.8 Å². The molecule has 2 aliphatic rings. The van der Waals surface area contributed by atoms with Crippen LogP contribution in [0.3, 0.4) is 0 Å². The van der Waals surface area contributed by atoms with Crippen molar-refractivity contribution in [1.29, 1.82) is 0 Å². The van der Waals surface area contributed by atoms with Crippen molar-refractivity contribution < 1.29 is 9.59 Å². The smallest absolute Gasteiger partial charge is 0.254 e. The van der Waals surface area contributed by atoms with E-state index in [1.807, 2.05) is 0 Å². The summed E-state index contributed by atoms with van der Waals surface area (Å²) in [6.07, 6.45) is 9.08. The van der Waals surface area contributed by atoms with Gasteiger partial charge in [-0.05, 0) is 47.9 Å². The van der Waals surface area contributed by atoms with Gasteiger partial charge >= 0.3 is 0 Å². The standard InChI is InChI=1S/C19H23NO2/c1-3-5-13-7-8-16-15(14(13)6-4-2)9-10-17(16)20-18(21)11-12-19(20)22/h7-8,11-12,17H,3-6,9-10H2,1-2H3/t17-/m0/s1. The van der Waals surface area contributed by atoms with Gasteiger partial charge in [0.1, 0.15) is 0 Å². The molecule has 1 aromatic carbocycles. The average Bonchev–Trinajstić information content (AvgIpc) is 3.05. The molecule has 0 N–H and O–H groups in total. The van der Waals surface area contributed by atoms with Crippen molar-refractivity contribution in [3.8, 4) is 0 Å². The Morgan fingerprint density at radius 2 is 1.73 bits per heavy atom. The lowest BCUT2D eigenvalue weighted by molar-refractivity contribution is -0.139. The lowest BCUT2D eigenvalue weighted by Gasteiger charge is -2.23. The van der Waals surface area contributed by atoms with Crippen molar-refractivity contribution in [3.63, 3.8) is 0 Å². The Hall–Kier alpha value is -1.90. The van der Waals surface area contributed by atoms with Crippen LogP contribution in [0.1, 0.15) is 61.4 Å². The van der Waals surface area contributed by atoms with E-state index < -0.39 is 0 Å². The monoisotopic (exact) mass is 297 g/mol. The Morgan fingerprint density at radius 1 is 1.05 bits per heavy atom. The summed E-state index contributed by atoms with van der Waals surface area (Å²) in [7, 11) is 0. The molecule has 2 amide bonds. The first-order chi connectivity index (χ1) is 10.7. The summed E-state index contributed by atoms with van der Waals surface area (Å²) in [6, 6.07) is 4.29. The lowest BCUT2D eigenvalue weighted by atomic mass is 9.91. The minimum atomic E-state index is -0.169. The van der Waals surface area contributed by atoms with Crippen molar-refractivity contribution in [2.24, 2.45) is 0 Å². The first kappa shape index (κ1) is 15.0. The van der Waals surface area contributed by atoms with Gasteiger partial charge in [0.2, 0.25) is 0 Å². The number of nitrogens with zero attached hydrogens (tertiary/aromatic N) is 1. The largest absolute Gasteiger partial charge is 0.269 e. The molecule has 22 heavy (non-hydrogen) atoms. The van der Waals surface area contributed by atoms with E-state index in [9.17, 15) is 9.59 Å². The summed E-state index contributed by atoms with van der Waals surface area (Å²) >= 11 is 0. The maximum Gasteiger partial charge on any atom is 0.254 e. The number of imide groups is 1. The van der Waals surface area contributed by atoms with Crippen LogP contribution in [0.5, 0.6) is 0 Å². The van der Waals surface area contributed by atoms with E-state index in [-0.39, 0.29) is 17.9 Å². The van der Waals surface area contributed by atoms with Crippen molar-refractivity contribution in [1.82, 2.24) is 4.90 Å². The molecular weight excluding hydrogens is 274 g/mol. The number of benzene rings is 1. The molecule has 0 fully saturated rings. The van der Waals surface area contributed by atoms with Gasteiger partial charge in [0.15, 0.2) is 0 Å². The van der Waals surface area contributed by atoms with Crippen LogP contribution in [-0.2, 0) is 28.9 Å². The molecule has 3 rings (SSSR count). The first-order valence-corrected chi connectivity index (χ1v) is 8.36. The molecular formula is C19H23NO2. The second kappa shape index (κ2) is 6.07. The van der Waals surface area contributed by atoms with Gasteiger partial charge in [-0.15, -0.1) is 0 Å². The predicted octanol–water partition coefficient (Wildman–Crippen LogP) is 3.50. The van der Waals surface area contributed by atoms with E-state index in [0.29, 0.717) is 0 Å². The average molecular weight is 297 g/mol. The SMILES string of the molecule is CCCc1ccc2c(c1CCC)CC[C@@H]2N1C(=O)C=CC1=O. The second-order valence-corrected chi connectivity index (χ2v) is 6.21. The van der Waals surface area contributed by atoms with Crippen molar-refractivity contribution in [2.75, 3.05) is 0 Å². The second-order valence-electron chi connectivity index (χ2n) is 6.21. The predicted molar refractivity (Wildman–Crippen MR) is 86.5 cm³/mol. The topological polar surface area (TPSA) is 37.4 Å². The zero-order chi connectivity index (χ0) is 15.7. The van der Waals surface area contributed by atoms with Crippen LogP contribution in [0.2, 0.25) is 0 Å². The maximum atomic E-state index is 12.0. The third-order valence-corrected chi connectivity index (χ3v) is 4.77. The van der Waals surface area contributed by atoms with Gasteiger partial charge in [-0.1, -0.05) is 38.8 Å². The van der Waals surface area contributed by atoms with Crippen LogP contribution in [-0.4, -0.2) is 16.7 Å². The number of rotatable bonds is 5. The summed E-state index contributed by atoms with van der Waals surface area (Å²) in [5, 5.41) is 0. The summed E-state index contributed by atoms with van der Waals surface area (Å²) < 4.78 is 0. The van der Waals surface area contributed by atoms with E-state index in [1.165, 1.54) is 39.3 Å². The Kier molecular flexibility index (Phi) is 4.14. The fraction of sp³-hybridized carbons (Fsp3) is 0.474. The highest BCUT2D eigenvalue weighted by Gasteiger charge is 2.37. The number of aryl methyl sites for hydroxylation is 1. The van der Waals surface area contributed by atoms with E-state index in [2.05, 4.69) is 26.0 Å². The number of amides is 2. The van der Waals surface area contributed by atoms with Gasteiger partial charge in [0.05, 0.1) is 6.04 Å². The molecule has 3 nitrogen and oxygen atoms in total. The number of carbonyl (C=O) groups is 2. The molecule has 1 atom stereocenters. The molecule has 0 radical (unpaired) electrons. The van der Waals surface area contributed by atoms with Crippen LogP contribution in [0, 0.1) is 0 Å². The van der Waals surface area contributed by atoms with Crippen LogP contribution in [0.15, 0.2) is 24.3 Å². The first-order valence-electron chi connectivity index (χ1n) is 8.36. The molecule has 1 aromatic rings. The van der Waals surface area contributed by atoms with Gasteiger partial charge in [-0.25, -0.2) is 0 Å². The van der Waals surface area contributed by atoms with Crippen LogP contribution >= 0.6 is 0 Å². The molecule has 116 valence electrons. The highest BCUT2D eigenvalue weighted by atomic mass is 16.2. The minimum Gasteiger partial charge on any atom is -0.269 e. The molecule has 0 aromatic heterocycles. The Morgan fingerprint density at radius 3 is 2.36 bits per heavy atom. The number of hydrogen-bond donors (Lipinski definition) is 0. The van der Waals surface area contributed by atoms with Crippen molar-refractivity contribution in [3.05, 3.63) is 46.5 Å². The molecule has 1 aliphatic carbocycles. The number of fused-ring (bicyclic) bond motifs is 1. The molecule has 3 heteroatoms. The molecule has 1 heterocycles. The van der Waals surface area contributed by atoms with Gasteiger partial charge in [-0.3, -0.25) is 14.5 Å².